The third-order valence-corrected chi connectivity index (χ3v) is 4.53. The minimum Gasteiger partial charge on any atom is -0.364 e. The van der Waals surface area contributed by atoms with Crippen molar-refractivity contribution in [2.75, 3.05) is 5.32 Å². The molecule has 2 aromatic rings. The Labute approximate surface area is 109 Å². The molecule has 1 saturated carbocycles. The Morgan fingerprint density at radius 1 is 1.47 bits per heavy atom. The molecule has 0 unspecified atom stereocenters. The summed E-state index contributed by atoms with van der Waals surface area (Å²) in [6, 6.07) is 2.17. The third kappa shape index (κ3) is 2.11. The van der Waals surface area contributed by atoms with Gasteiger partial charge in [0, 0.05) is 10.4 Å². The van der Waals surface area contributed by atoms with Gasteiger partial charge in [0.1, 0.15) is 10.6 Å². The zero-order valence-electron chi connectivity index (χ0n) is 9.88. The Bertz CT molecular complexity index is 574. The van der Waals surface area contributed by atoms with E-state index in [-0.39, 0.29) is 5.54 Å². The Hall–Kier alpha value is -0.870. The maximum absolute atomic E-state index is 5.97. The van der Waals surface area contributed by atoms with Crippen LogP contribution in [0.25, 0.3) is 10.2 Å². The normalized spacial score (nSPS) is 17.4. The van der Waals surface area contributed by atoms with Crippen molar-refractivity contribution in [2.24, 2.45) is 0 Å². The van der Waals surface area contributed by atoms with Crippen molar-refractivity contribution in [3.63, 3.8) is 0 Å². The molecule has 0 spiro atoms. The van der Waals surface area contributed by atoms with Gasteiger partial charge in [-0.15, -0.1) is 11.3 Å². The van der Waals surface area contributed by atoms with Gasteiger partial charge in [-0.2, -0.15) is 0 Å². The molecule has 0 bridgehead atoms. The lowest BCUT2D eigenvalue weighted by Gasteiger charge is -2.12. The largest absolute Gasteiger partial charge is 0.364 e. The number of aryl methyl sites for hydroxylation is 1. The number of hydrogen-bond acceptors (Lipinski definition) is 4. The molecule has 0 aliphatic heterocycles. The van der Waals surface area contributed by atoms with Crippen LogP contribution in [0.3, 0.4) is 0 Å². The summed E-state index contributed by atoms with van der Waals surface area (Å²) in [7, 11) is 0. The van der Waals surface area contributed by atoms with E-state index >= 15 is 0 Å². The molecule has 2 aromatic heterocycles. The van der Waals surface area contributed by atoms with Crippen molar-refractivity contribution in [3.8, 4) is 0 Å². The highest BCUT2D eigenvalue weighted by Gasteiger charge is 2.38. The van der Waals surface area contributed by atoms with Crippen LogP contribution in [0, 0.1) is 0 Å². The van der Waals surface area contributed by atoms with Crippen molar-refractivity contribution >= 4 is 39.0 Å². The maximum Gasteiger partial charge on any atom is 0.225 e. The molecule has 1 aliphatic rings. The SMILES string of the molecule is CCc1cc2c(NC3(C)CC3)nc(Cl)nc2s1. The molecule has 1 fully saturated rings. The standard InChI is InChI=1S/C12H14ClN3S/c1-3-7-6-8-9(16-12(2)4-5-12)14-11(13)15-10(8)17-7/h6H,3-5H2,1-2H3,(H,14,15,16). The van der Waals surface area contributed by atoms with Crippen LogP contribution in [0.4, 0.5) is 5.82 Å². The summed E-state index contributed by atoms with van der Waals surface area (Å²) in [4.78, 5) is 10.9. The minimum absolute atomic E-state index is 0.207. The number of thiophene rings is 1. The molecule has 1 N–H and O–H groups in total. The topological polar surface area (TPSA) is 37.8 Å². The molecule has 3 rings (SSSR count). The first-order valence-corrected chi connectivity index (χ1v) is 7.03. The maximum atomic E-state index is 5.97. The summed E-state index contributed by atoms with van der Waals surface area (Å²) in [5, 5.41) is 4.91. The highest BCUT2D eigenvalue weighted by Crippen LogP contribution is 2.40. The number of hydrogen-bond donors (Lipinski definition) is 1. The van der Waals surface area contributed by atoms with Gasteiger partial charge in [-0.1, -0.05) is 6.92 Å². The number of aromatic nitrogens is 2. The number of rotatable bonds is 3. The molecule has 0 amide bonds. The van der Waals surface area contributed by atoms with Gasteiger partial charge in [0.15, 0.2) is 0 Å². The van der Waals surface area contributed by atoms with Crippen LogP contribution in [-0.2, 0) is 6.42 Å². The molecule has 0 aromatic carbocycles. The van der Waals surface area contributed by atoms with Crippen LogP contribution in [-0.4, -0.2) is 15.5 Å². The molecule has 0 atom stereocenters. The molecule has 5 heteroatoms. The van der Waals surface area contributed by atoms with Crippen LogP contribution < -0.4 is 5.32 Å². The van der Waals surface area contributed by atoms with Gasteiger partial charge < -0.3 is 5.32 Å². The van der Waals surface area contributed by atoms with Crippen molar-refractivity contribution in [1.29, 1.82) is 0 Å². The summed E-state index contributed by atoms with van der Waals surface area (Å²) in [6.45, 7) is 4.36. The van der Waals surface area contributed by atoms with E-state index in [1.807, 2.05) is 0 Å². The van der Waals surface area contributed by atoms with E-state index in [4.69, 9.17) is 11.6 Å². The number of nitrogens with zero attached hydrogens (tertiary/aromatic N) is 2. The van der Waals surface area contributed by atoms with E-state index < -0.39 is 0 Å². The van der Waals surface area contributed by atoms with E-state index in [0.29, 0.717) is 5.28 Å². The fraction of sp³-hybridized carbons (Fsp3) is 0.500. The number of halogens is 1. The van der Waals surface area contributed by atoms with E-state index in [0.717, 1.165) is 22.5 Å². The van der Waals surface area contributed by atoms with Gasteiger partial charge in [-0.05, 0) is 43.9 Å². The highest BCUT2D eigenvalue weighted by molar-refractivity contribution is 7.18. The summed E-state index contributed by atoms with van der Waals surface area (Å²) in [6.07, 6.45) is 3.41. The van der Waals surface area contributed by atoms with Gasteiger partial charge in [-0.3, -0.25) is 0 Å². The van der Waals surface area contributed by atoms with Crippen LogP contribution in [0.2, 0.25) is 5.28 Å². The number of fused-ring (bicyclic) bond motifs is 1. The first-order valence-electron chi connectivity index (χ1n) is 5.84. The van der Waals surface area contributed by atoms with Gasteiger partial charge in [0.05, 0.1) is 5.39 Å². The van der Waals surface area contributed by atoms with Gasteiger partial charge in [-0.25, -0.2) is 9.97 Å². The quantitative estimate of drug-likeness (QED) is 0.858. The highest BCUT2D eigenvalue weighted by atomic mass is 35.5. The Morgan fingerprint density at radius 2 is 2.24 bits per heavy atom. The summed E-state index contributed by atoms with van der Waals surface area (Å²) in [5.41, 5.74) is 0.207. The van der Waals surface area contributed by atoms with Crippen molar-refractivity contribution in [1.82, 2.24) is 9.97 Å². The zero-order chi connectivity index (χ0) is 12.0. The fourth-order valence-corrected chi connectivity index (χ4v) is 3.00. The molecular formula is C12H14ClN3S. The van der Waals surface area contributed by atoms with Gasteiger partial charge >= 0.3 is 0 Å². The zero-order valence-corrected chi connectivity index (χ0v) is 11.5. The molecular weight excluding hydrogens is 254 g/mol. The first-order chi connectivity index (χ1) is 8.09. The van der Waals surface area contributed by atoms with Crippen molar-refractivity contribution in [3.05, 3.63) is 16.2 Å². The Morgan fingerprint density at radius 3 is 2.88 bits per heavy atom. The second-order valence-electron chi connectivity index (χ2n) is 4.81. The molecule has 17 heavy (non-hydrogen) atoms. The average Bonchev–Trinajstić information content (AvgIpc) is 2.85. The van der Waals surface area contributed by atoms with Crippen LogP contribution in [0.5, 0.6) is 0 Å². The molecule has 3 nitrogen and oxygen atoms in total. The van der Waals surface area contributed by atoms with Crippen LogP contribution in [0.1, 0.15) is 31.6 Å². The molecule has 90 valence electrons. The lowest BCUT2D eigenvalue weighted by Crippen LogP contribution is -2.17. The predicted octanol–water partition coefficient (Wildman–Crippen LogP) is 3.87. The Kier molecular flexibility index (Phi) is 2.52. The van der Waals surface area contributed by atoms with Gasteiger partial charge in [0.25, 0.3) is 0 Å². The molecule has 0 saturated heterocycles. The average molecular weight is 268 g/mol. The second kappa shape index (κ2) is 3.82. The van der Waals surface area contributed by atoms with E-state index in [2.05, 4.69) is 35.2 Å². The molecule has 0 radical (unpaired) electrons. The summed E-state index contributed by atoms with van der Waals surface area (Å²) < 4.78 is 0. The summed E-state index contributed by atoms with van der Waals surface area (Å²) >= 11 is 7.67. The van der Waals surface area contributed by atoms with Gasteiger partial charge in [0.2, 0.25) is 5.28 Å². The first kappa shape index (κ1) is 11.2. The number of nitrogens with one attached hydrogen (secondary N) is 1. The van der Waals surface area contributed by atoms with E-state index in [1.54, 1.807) is 11.3 Å². The smallest absolute Gasteiger partial charge is 0.225 e. The monoisotopic (exact) mass is 267 g/mol. The lowest BCUT2D eigenvalue weighted by atomic mass is 10.2. The fourth-order valence-electron chi connectivity index (χ4n) is 1.81. The van der Waals surface area contributed by atoms with E-state index in [1.165, 1.54) is 17.7 Å². The van der Waals surface area contributed by atoms with Crippen molar-refractivity contribution < 1.29 is 0 Å². The number of anilines is 1. The predicted molar refractivity (Wildman–Crippen MR) is 73.1 cm³/mol. The summed E-state index contributed by atoms with van der Waals surface area (Å²) in [5.74, 6) is 0.885. The lowest BCUT2D eigenvalue weighted by molar-refractivity contribution is 0.822. The minimum atomic E-state index is 0.207. The Balaban J connectivity index is 2.10. The van der Waals surface area contributed by atoms with Crippen LogP contribution >= 0.6 is 22.9 Å². The second-order valence-corrected chi connectivity index (χ2v) is 6.27. The third-order valence-electron chi connectivity index (χ3n) is 3.19. The van der Waals surface area contributed by atoms with Crippen LogP contribution in [0.15, 0.2) is 6.07 Å². The van der Waals surface area contributed by atoms with E-state index in [9.17, 15) is 0 Å². The molecule has 2 heterocycles. The molecule has 1 aliphatic carbocycles. The van der Waals surface area contributed by atoms with Crippen molar-refractivity contribution in [2.45, 2.75) is 38.6 Å².